The fraction of sp³-hybridized carbons (Fsp3) is 0.145. The second-order valence-electron chi connectivity index (χ2n) is 21.8. The Morgan fingerprint density at radius 1 is 0.419 bits per heavy atom. The molecule has 0 saturated heterocycles. The molecular weight excluding hydrogens is 901 g/mol. The summed E-state index contributed by atoms with van der Waals surface area (Å²) in [5.41, 5.74) is 19.6. The van der Waals surface area contributed by atoms with Gasteiger partial charge in [-0.2, -0.15) is 0 Å². The van der Waals surface area contributed by atoms with Gasteiger partial charge in [-0.1, -0.05) is 193 Å². The van der Waals surface area contributed by atoms with E-state index in [4.69, 9.17) is 9.72 Å². The number of benzene rings is 9. The summed E-state index contributed by atoms with van der Waals surface area (Å²) in [4.78, 5) is 10.1. The van der Waals surface area contributed by atoms with Crippen LogP contribution in [0.25, 0.3) is 72.1 Å². The van der Waals surface area contributed by atoms with E-state index < -0.39 is 0 Å². The van der Waals surface area contributed by atoms with Gasteiger partial charge in [0.05, 0.1) is 28.1 Å². The fourth-order valence-electron chi connectivity index (χ4n) is 10.8. The van der Waals surface area contributed by atoms with Crippen molar-refractivity contribution in [1.82, 2.24) is 9.55 Å². The molecule has 0 unspecified atom stereocenters. The zero-order chi connectivity index (χ0) is 50.7. The van der Waals surface area contributed by atoms with E-state index in [1.54, 1.807) is 0 Å². The Balaban J connectivity index is 0.968. The van der Waals surface area contributed by atoms with E-state index in [1.165, 1.54) is 50.2 Å². The number of aryl methyl sites for hydroxylation is 1. The van der Waals surface area contributed by atoms with Crippen LogP contribution in [0.4, 0.5) is 22.7 Å². The van der Waals surface area contributed by atoms with Gasteiger partial charge in [0.15, 0.2) is 0 Å². The molecule has 74 heavy (non-hydrogen) atoms. The van der Waals surface area contributed by atoms with Crippen molar-refractivity contribution in [3.05, 3.63) is 241 Å². The third kappa shape index (κ3) is 8.58. The van der Waals surface area contributed by atoms with Gasteiger partial charge >= 0.3 is 0 Å². The van der Waals surface area contributed by atoms with Gasteiger partial charge in [-0.3, -0.25) is 4.57 Å². The summed E-state index contributed by atoms with van der Waals surface area (Å²) in [5, 5.41) is 2.30. The summed E-state index contributed by atoms with van der Waals surface area (Å²) in [6, 6.07) is 78.9. The van der Waals surface area contributed by atoms with Gasteiger partial charge in [-0.25, -0.2) is 4.98 Å². The molecule has 0 N–H and O–H groups in total. The predicted molar refractivity (Wildman–Crippen MR) is 311 cm³/mol. The van der Waals surface area contributed by atoms with Crippen LogP contribution in [0.2, 0.25) is 0 Å². The SMILES string of the molecule is Cc1cc(-n2c3ccc(-c4ccc(C(C)(C)C)cc4)cc3c3ccc(Oc4cc(N5CN(c6c(-c7ccccc7)cccc6-c6ccccc6)c6ccccc65)cc(C(C)(C)C)c4)cc32)ncc1-c1ccccc1. The van der Waals surface area contributed by atoms with Gasteiger partial charge in [0.2, 0.25) is 0 Å². The minimum atomic E-state index is -0.163. The van der Waals surface area contributed by atoms with Gasteiger partial charge in [-0.05, 0) is 117 Å². The van der Waals surface area contributed by atoms with Crippen LogP contribution in [0.1, 0.15) is 58.2 Å². The number of anilines is 4. The van der Waals surface area contributed by atoms with E-state index in [9.17, 15) is 0 Å². The van der Waals surface area contributed by atoms with Crippen LogP contribution >= 0.6 is 0 Å². The second-order valence-corrected chi connectivity index (χ2v) is 21.8. The lowest BCUT2D eigenvalue weighted by atomic mass is 9.86. The lowest BCUT2D eigenvalue weighted by Crippen LogP contribution is -2.25. The summed E-state index contributed by atoms with van der Waals surface area (Å²) >= 11 is 0. The van der Waals surface area contributed by atoms with Crippen molar-refractivity contribution in [1.29, 1.82) is 0 Å². The van der Waals surface area contributed by atoms with Gasteiger partial charge in [0, 0.05) is 51.5 Å². The molecule has 11 aromatic rings. The van der Waals surface area contributed by atoms with E-state index in [0.717, 1.165) is 72.9 Å². The lowest BCUT2D eigenvalue weighted by Gasteiger charge is -2.28. The molecule has 9 aromatic carbocycles. The number of rotatable bonds is 9. The molecule has 12 rings (SSSR count). The summed E-state index contributed by atoms with van der Waals surface area (Å²) in [6.07, 6.45) is 2.02. The van der Waals surface area contributed by atoms with Crippen LogP contribution in [0.3, 0.4) is 0 Å². The summed E-state index contributed by atoms with van der Waals surface area (Å²) in [7, 11) is 0. The van der Waals surface area contributed by atoms with Crippen LogP contribution < -0.4 is 14.5 Å². The number of para-hydroxylation sites is 3. The Labute approximate surface area is 435 Å². The fourth-order valence-corrected chi connectivity index (χ4v) is 10.8. The van der Waals surface area contributed by atoms with Crippen molar-refractivity contribution in [3.8, 4) is 61.8 Å². The average molecular weight is 961 g/mol. The number of ether oxygens (including phenoxy) is 1. The molecule has 0 aliphatic carbocycles. The Bertz CT molecular complexity index is 3810. The minimum absolute atomic E-state index is 0.0794. The Hall–Kier alpha value is -8.67. The molecule has 0 spiro atoms. The number of hydrogen-bond donors (Lipinski definition) is 0. The molecule has 0 amide bonds. The smallest absolute Gasteiger partial charge is 0.137 e. The lowest BCUT2D eigenvalue weighted by molar-refractivity contribution is 0.479. The van der Waals surface area contributed by atoms with Crippen molar-refractivity contribution < 1.29 is 4.74 Å². The van der Waals surface area contributed by atoms with Crippen molar-refractivity contribution in [2.24, 2.45) is 0 Å². The molecule has 5 nitrogen and oxygen atoms in total. The largest absolute Gasteiger partial charge is 0.457 e. The molecule has 5 heteroatoms. The van der Waals surface area contributed by atoms with E-state index >= 15 is 0 Å². The topological polar surface area (TPSA) is 33.5 Å². The van der Waals surface area contributed by atoms with E-state index in [1.807, 2.05) is 6.20 Å². The standard InChI is InChI=1S/C69H60N4O/c1-46-38-66(70-44-61(46)50-24-15-10-16-25-50)73-62-37-32-51(47-30-33-52(34-31-47)68(2,3)4)39-60(62)59-36-35-55(43-65(59)73)74-56-41-53(69(5,6)7)40-54(42-56)71-45-72(64-29-18-17-28-63(64)71)67-57(48-20-11-8-12-21-48)26-19-27-58(67)49-22-13-9-14-23-49/h8-44H,45H2,1-7H3. The highest BCUT2D eigenvalue weighted by molar-refractivity contribution is 6.11. The number of hydrogen-bond acceptors (Lipinski definition) is 4. The summed E-state index contributed by atoms with van der Waals surface area (Å²) in [6.45, 7) is 16.4. The molecule has 0 radical (unpaired) electrons. The molecule has 0 atom stereocenters. The molecule has 1 aliphatic rings. The van der Waals surface area contributed by atoms with Crippen LogP contribution in [0, 0.1) is 6.92 Å². The van der Waals surface area contributed by atoms with Gasteiger partial charge in [0.1, 0.15) is 24.0 Å². The first-order chi connectivity index (χ1) is 35.9. The Morgan fingerprint density at radius 3 is 1.61 bits per heavy atom. The zero-order valence-electron chi connectivity index (χ0n) is 43.3. The maximum Gasteiger partial charge on any atom is 0.137 e. The highest BCUT2D eigenvalue weighted by atomic mass is 16.5. The molecule has 362 valence electrons. The number of pyridine rings is 1. The van der Waals surface area contributed by atoms with Crippen LogP contribution in [0.15, 0.2) is 225 Å². The molecular formula is C69H60N4O. The van der Waals surface area contributed by atoms with E-state index in [-0.39, 0.29) is 10.8 Å². The molecule has 3 heterocycles. The van der Waals surface area contributed by atoms with Crippen LogP contribution in [0.5, 0.6) is 11.5 Å². The molecule has 0 saturated carbocycles. The van der Waals surface area contributed by atoms with Crippen LogP contribution in [-0.4, -0.2) is 16.2 Å². The van der Waals surface area contributed by atoms with Crippen molar-refractivity contribution in [3.63, 3.8) is 0 Å². The second kappa shape index (κ2) is 18.4. The van der Waals surface area contributed by atoms with E-state index in [2.05, 4.69) is 281 Å². The normalized spacial score (nSPS) is 12.7. The highest BCUT2D eigenvalue weighted by Gasteiger charge is 2.32. The quantitative estimate of drug-likeness (QED) is 0.144. The van der Waals surface area contributed by atoms with E-state index in [0.29, 0.717) is 6.67 Å². The van der Waals surface area contributed by atoms with Crippen molar-refractivity contribution in [2.45, 2.75) is 59.3 Å². The first-order valence-corrected chi connectivity index (χ1v) is 25.8. The number of nitrogens with zero attached hydrogens (tertiary/aromatic N) is 4. The van der Waals surface area contributed by atoms with Crippen molar-refractivity contribution in [2.75, 3.05) is 16.5 Å². The third-order valence-corrected chi connectivity index (χ3v) is 14.8. The average Bonchev–Trinajstić information content (AvgIpc) is 3.96. The molecule has 0 bridgehead atoms. The third-order valence-electron chi connectivity index (χ3n) is 14.8. The highest BCUT2D eigenvalue weighted by Crippen LogP contribution is 2.51. The maximum atomic E-state index is 7.12. The van der Waals surface area contributed by atoms with Crippen molar-refractivity contribution >= 4 is 44.6 Å². The maximum absolute atomic E-state index is 7.12. The van der Waals surface area contributed by atoms with Gasteiger partial charge < -0.3 is 14.5 Å². The first kappa shape index (κ1) is 46.4. The molecule has 0 fully saturated rings. The first-order valence-electron chi connectivity index (χ1n) is 25.8. The zero-order valence-corrected chi connectivity index (χ0v) is 43.3. The molecule has 2 aromatic heterocycles. The predicted octanol–water partition coefficient (Wildman–Crippen LogP) is 18.8. The molecule has 1 aliphatic heterocycles. The number of aromatic nitrogens is 2. The summed E-state index contributed by atoms with van der Waals surface area (Å²) in [5.74, 6) is 2.39. The Kier molecular flexibility index (Phi) is 11.6. The monoisotopic (exact) mass is 960 g/mol. The van der Waals surface area contributed by atoms with Gasteiger partial charge in [-0.15, -0.1) is 0 Å². The number of fused-ring (bicyclic) bond motifs is 4. The summed E-state index contributed by atoms with van der Waals surface area (Å²) < 4.78 is 9.42. The van der Waals surface area contributed by atoms with Crippen LogP contribution in [-0.2, 0) is 10.8 Å². The van der Waals surface area contributed by atoms with Gasteiger partial charge in [0.25, 0.3) is 0 Å². The minimum Gasteiger partial charge on any atom is -0.457 e. The Morgan fingerprint density at radius 2 is 1.00 bits per heavy atom.